The van der Waals surface area contributed by atoms with E-state index in [0.29, 0.717) is 0 Å². The highest BCUT2D eigenvalue weighted by atomic mass is 79.9. The number of nitrogens with zero attached hydrogens (tertiary/aromatic N) is 2. The first-order chi connectivity index (χ1) is 9.08. The number of Topliss-reactive ketones (excluding diaryl/α,β-unsaturated/α-hetero) is 1. The number of carboxylic acids is 1. The number of imidazole rings is 1. The Morgan fingerprint density at radius 1 is 1.45 bits per heavy atom. The lowest BCUT2D eigenvalue weighted by Gasteiger charge is -2.20. The highest BCUT2D eigenvalue weighted by Gasteiger charge is 2.21. The van der Waals surface area contributed by atoms with Crippen LogP contribution in [0.3, 0.4) is 0 Å². The molecule has 0 aliphatic rings. The van der Waals surface area contributed by atoms with Gasteiger partial charge in [-0.15, -0.1) is 0 Å². The van der Waals surface area contributed by atoms with Crippen LogP contribution in [-0.4, -0.2) is 38.2 Å². The molecule has 1 aromatic rings. The van der Waals surface area contributed by atoms with Crippen LogP contribution in [0.5, 0.6) is 0 Å². The molecule has 0 saturated carbocycles. The third-order valence-electron chi connectivity index (χ3n) is 1.85. The van der Waals surface area contributed by atoms with Crippen LogP contribution in [0, 0.1) is 0 Å². The minimum absolute atomic E-state index is 0.204. The lowest BCUT2D eigenvalue weighted by Crippen LogP contribution is -2.32. The van der Waals surface area contributed by atoms with E-state index in [4.69, 9.17) is 9.84 Å². The molecule has 8 nitrogen and oxygen atoms in total. The molecule has 0 spiro atoms. The first-order valence-electron chi connectivity index (χ1n) is 5.58. The number of carbonyl (C=O) groups is 3. The van der Waals surface area contributed by atoms with Crippen molar-refractivity contribution < 1.29 is 24.2 Å². The van der Waals surface area contributed by atoms with Gasteiger partial charge >= 0.3 is 12.1 Å². The molecule has 1 amide bonds. The summed E-state index contributed by atoms with van der Waals surface area (Å²) in [5, 5.41) is 8.60. The topological polar surface area (TPSA) is 111 Å². The summed E-state index contributed by atoms with van der Waals surface area (Å²) in [4.78, 5) is 37.6. The molecular formula is C11H14BrN3O5. The van der Waals surface area contributed by atoms with Crippen molar-refractivity contribution in [3.05, 3.63) is 16.6 Å². The highest BCUT2D eigenvalue weighted by Crippen LogP contribution is 2.12. The number of ketones is 1. The molecule has 1 aromatic heterocycles. The van der Waals surface area contributed by atoms with Crippen LogP contribution in [0.15, 0.2) is 10.8 Å². The molecule has 20 heavy (non-hydrogen) atoms. The van der Waals surface area contributed by atoms with Gasteiger partial charge in [0.05, 0.1) is 6.20 Å². The van der Waals surface area contributed by atoms with Gasteiger partial charge in [0.15, 0.2) is 5.82 Å². The second-order valence-electron chi connectivity index (χ2n) is 4.86. The second kappa shape index (κ2) is 6.04. The molecule has 0 fully saturated rings. The maximum Gasteiger partial charge on any atom is 0.427 e. The maximum absolute atomic E-state index is 11.7. The number of nitrogens with one attached hydrogen (secondary N) is 1. The molecule has 1 heterocycles. The van der Waals surface area contributed by atoms with Crippen LogP contribution in [0.25, 0.3) is 0 Å². The second-order valence-corrected chi connectivity index (χ2v) is 5.68. The maximum atomic E-state index is 11.7. The number of hydrogen-bond donors (Lipinski definition) is 2. The summed E-state index contributed by atoms with van der Waals surface area (Å²) in [6.45, 7) is 5.06. The molecule has 1 rings (SSSR count). The minimum atomic E-state index is -1.28. The van der Waals surface area contributed by atoms with Crippen molar-refractivity contribution >= 4 is 33.8 Å². The summed E-state index contributed by atoms with van der Waals surface area (Å²) >= 11 is 3.05. The van der Waals surface area contributed by atoms with Crippen LogP contribution >= 0.6 is 15.9 Å². The van der Waals surface area contributed by atoms with Crippen molar-refractivity contribution in [1.29, 1.82) is 0 Å². The number of ether oxygens (including phenoxy) is 1. The third-order valence-corrected chi connectivity index (χ3v) is 2.23. The lowest BCUT2D eigenvalue weighted by molar-refractivity contribution is -0.135. The molecule has 2 N–H and O–H groups in total. The monoisotopic (exact) mass is 347 g/mol. The summed E-state index contributed by atoms with van der Waals surface area (Å²) in [7, 11) is 0. The number of carboxylic acid groups (broad SMARTS) is 1. The average Bonchev–Trinajstić information content (AvgIpc) is 2.55. The fraction of sp³-hybridized carbons (Fsp3) is 0.455. The van der Waals surface area contributed by atoms with Crippen molar-refractivity contribution in [2.75, 3.05) is 5.43 Å². The van der Waals surface area contributed by atoms with Gasteiger partial charge in [0, 0.05) is 0 Å². The van der Waals surface area contributed by atoms with Gasteiger partial charge in [-0.3, -0.25) is 9.59 Å². The van der Waals surface area contributed by atoms with Crippen LogP contribution in [0.4, 0.5) is 4.79 Å². The van der Waals surface area contributed by atoms with Gasteiger partial charge in [0.1, 0.15) is 16.6 Å². The molecule has 9 heteroatoms. The number of hydrogen-bond acceptors (Lipinski definition) is 5. The molecule has 0 atom stereocenters. The number of rotatable bonds is 4. The zero-order valence-corrected chi connectivity index (χ0v) is 12.7. The first-order valence-corrected chi connectivity index (χ1v) is 6.37. The summed E-state index contributed by atoms with van der Waals surface area (Å²) in [5.41, 5.74) is 1.59. The molecule has 0 unspecified atom stereocenters. The molecular weight excluding hydrogens is 334 g/mol. The Morgan fingerprint density at radius 2 is 2.05 bits per heavy atom. The van der Waals surface area contributed by atoms with E-state index in [0.717, 1.165) is 4.68 Å². The third kappa shape index (κ3) is 5.00. The van der Waals surface area contributed by atoms with Crippen molar-refractivity contribution in [3.8, 4) is 0 Å². The van der Waals surface area contributed by atoms with E-state index in [-0.39, 0.29) is 10.4 Å². The van der Waals surface area contributed by atoms with Gasteiger partial charge in [-0.25, -0.2) is 19.9 Å². The number of aliphatic carboxylic acids is 1. The predicted molar refractivity (Wildman–Crippen MR) is 72.1 cm³/mol. The molecule has 0 bridgehead atoms. The molecule has 0 aromatic carbocycles. The van der Waals surface area contributed by atoms with E-state index in [1.165, 1.54) is 6.20 Å². The zero-order chi connectivity index (χ0) is 15.5. The zero-order valence-electron chi connectivity index (χ0n) is 11.1. The fourth-order valence-corrected chi connectivity index (χ4v) is 1.62. The van der Waals surface area contributed by atoms with E-state index >= 15 is 0 Å². The number of aromatic nitrogens is 2. The van der Waals surface area contributed by atoms with Crippen LogP contribution in [0.1, 0.15) is 37.8 Å². The summed E-state index contributed by atoms with van der Waals surface area (Å²) < 4.78 is 6.32. The lowest BCUT2D eigenvalue weighted by atomic mass is 10.2. The van der Waals surface area contributed by atoms with Crippen LogP contribution in [0.2, 0.25) is 0 Å². The Morgan fingerprint density at radius 3 is 2.55 bits per heavy atom. The van der Waals surface area contributed by atoms with E-state index in [9.17, 15) is 14.4 Å². The Balaban J connectivity index is 2.88. The fourth-order valence-electron chi connectivity index (χ4n) is 1.25. The number of halogens is 1. The van der Waals surface area contributed by atoms with Crippen molar-refractivity contribution in [2.24, 2.45) is 0 Å². The average molecular weight is 348 g/mol. The Kier molecular flexibility index (Phi) is 4.88. The first kappa shape index (κ1) is 16.2. The largest absolute Gasteiger partial charge is 0.481 e. The van der Waals surface area contributed by atoms with Crippen molar-refractivity contribution in [2.45, 2.75) is 32.8 Å². The van der Waals surface area contributed by atoms with Gasteiger partial charge in [0.25, 0.3) is 0 Å². The smallest absolute Gasteiger partial charge is 0.427 e. The van der Waals surface area contributed by atoms with Crippen molar-refractivity contribution in [3.63, 3.8) is 0 Å². The molecule has 0 radical (unpaired) electrons. The summed E-state index contributed by atoms with van der Waals surface area (Å²) in [6, 6.07) is 0. The predicted octanol–water partition coefficient (Wildman–Crippen LogP) is 1.78. The summed E-state index contributed by atoms with van der Waals surface area (Å²) in [5.74, 6) is -2.22. The molecule has 0 aliphatic heterocycles. The SMILES string of the molecule is CC(C)(C)OC(=O)Nn1cc(Br)nc1C(=O)CC(=O)O. The molecule has 110 valence electrons. The Bertz CT molecular complexity index is 547. The van der Waals surface area contributed by atoms with Crippen LogP contribution in [-0.2, 0) is 9.53 Å². The van der Waals surface area contributed by atoms with Gasteiger partial charge in [-0.2, -0.15) is 0 Å². The number of amides is 1. The Labute approximate surface area is 123 Å². The minimum Gasteiger partial charge on any atom is -0.481 e. The van der Waals surface area contributed by atoms with Crippen molar-refractivity contribution in [1.82, 2.24) is 9.66 Å². The van der Waals surface area contributed by atoms with E-state index in [1.807, 2.05) is 0 Å². The van der Waals surface area contributed by atoms with E-state index in [2.05, 4.69) is 26.3 Å². The molecule has 0 aliphatic carbocycles. The quantitative estimate of drug-likeness (QED) is 0.634. The highest BCUT2D eigenvalue weighted by molar-refractivity contribution is 9.10. The summed E-state index contributed by atoms with van der Waals surface area (Å²) in [6.07, 6.45) is -0.190. The number of carbonyl (C=O) groups excluding carboxylic acids is 2. The van der Waals surface area contributed by atoms with Gasteiger partial charge in [-0.1, -0.05) is 0 Å². The van der Waals surface area contributed by atoms with Gasteiger partial charge in [-0.05, 0) is 36.7 Å². The van der Waals surface area contributed by atoms with Gasteiger partial charge < -0.3 is 9.84 Å². The van der Waals surface area contributed by atoms with Crippen LogP contribution < -0.4 is 5.43 Å². The standard InChI is InChI=1S/C11H14BrN3O5/c1-11(2,3)20-10(19)14-15-5-7(12)13-9(15)6(16)4-8(17)18/h5H,4H2,1-3H3,(H,14,19)(H,17,18). The molecule has 0 saturated heterocycles. The normalized spacial score (nSPS) is 11.0. The Hall–Kier alpha value is -1.90. The van der Waals surface area contributed by atoms with E-state index in [1.54, 1.807) is 20.8 Å². The van der Waals surface area contributed by atoms with Gasteiger partial charge in [0.2, 0.25) is 5.78 Å². The van der Waals surface area contributed by atoms with E-state index < -0.39 is 29.9 Å².